The summed E-state index contributed by atoms with van der Waals surface area (Å²) in [4.78, 5) is 14.2. The summed E-state index contributed by atoms with van der Waals surface area (Å²) in [5, 5.41) is 6.51. The van der Waals surface area contributed by atoms with Gasteiger partial charge in [0, 0.05) is 24.4 Å². The molecule has 5 heteroatoms. The summed E-state index contributed by atoms with van der Waals surface area (Å²) in [6.45, 7) is 6.72. The molecule has 1 aliphatic heterocycles. The first-order valence-electron chi connectivity index (χ1n) is 7.58. The van der Waals surface area contributed by atoms with Crippen molar-refractivity contribution in [2.45, 2.75) is 32.7 Å². The molecule has 1 atom stereocenters. The van der Waals surface area contributed by atoms with Gasteiger partial charge in [0.2, 0.25) is 5.91 Å². The summed E-state index contributed by atoms with van der Waals surface area (Å²) in [7, 11) is 3.82. The molecule has 1 aliphatic rings. The number of halogens is 1. The molecule has 0 bridgehead atoms. The summed E-state index contributed by atoms with van der Waals surface area (Å²) < 4.78 is 0. The number of carbonyl (C=O) groups excluding carboxylic acids is 1. The average Bonchev–Trinajstić information content (AvgIpc) is 2.44. The van der Waals surface area contributed by atoms with Gasteiger partial charge in [0.25, 0.3) is 0 Å². The number of hydrogen-bond donors (Lipinski definition) is 2. The number of nitrogens with one attached hydrogen (secondary N) is 2. The smallest absolute Gasteiger partial charge is 0.238 e. The Morgan fingerprint density at radius 2 is 2.09 bits per heavy atom. The van der Waals surface area contributed by atoms with Gasteiger partial charge >= 0.3 is 0 Å². The molecule has 2 rings (SSSR count). The zero-order valence-corrected chi connectivity index (χ0v) is 14.6. The third-order valence-electron chi connectivity index (χ3n) is 4.03. The standard InChI is InChI=1S/C17H24ClN3O/c1-10(2)12-6-7-13(18)16-14(20-15(22)9-19-4)8-11(3)21(5)17(12)16/h6-8,10-11,19H,9H2,1-5H3,(H,20,22). The molecule has 1 aromatic carbocycles. The molecule has 0 saturated carbocycles. The van der Waals surface area contributed by atoms with Crippen LogP contribution in [0.4, 0.5) is 5.69 Å². The van der Waals surface area contributed by atoms with E-state index in [4.69, 9.17) is 11.6 Å². The fraction of sp³-hybridized carbons (Fsp3) is 0.471. The highest BCUT2D eigenvalue weighted by atomic mass is 35.5. The molecule has 2 N–H and O–H groups in total. The van der Waals surface area contributed by atoms with Gasteiger partial charge in [0.15, 0.2) is 0 Å². The van der Waals surface area contributed by atoms with Crippen LogP contribution < -0.4 is 15.5 Å². The third-order valence-corrected chi connectivity index (χ3v) is 4.35. The zero-order chi connectivity index (χ0) is 16.4. The third kappa shape index (κ3) is 3.13. The first kappa shape index (κ1) is 16.8. The second kappa shape index (κ2) is 6.71. The van der Waals surface area contributed by atoms with Crippen LogP contribution in [0.1, 0.15) is 37.8 Å². The minimum Gasteiger partial charge on any atom is -0.368 e. The molecule has 1 heterocycles. The van der Waals surface area contributed by atoms with E-state index in [1.807, 2.05) is 12.1 Å². The van der Waals surface area contributed by atoms with Crippen molar-refractivity contribution in [1.29, 1.82) is 0 Å². The number of nitrogens with zero attached hydrogens (tertiary/aromatic N) is 1. The Morgan fingerprint density at radius 3 is 2.68 bits per heavy atom. The van der Waals surface area contributed by atoms with Gasteiger partial charge < -0.3 is 15.5 Å². The summed E-state index contributed by atoms with van der Waals surface area (Å²) in [6.07, 6.45) is 2.05. The highest BCUT2D eigenvalue weighted by Gasteiger charge is 2.27. The Kier molecular flexibility index (Phi) is 5.14. The minimum atomic E-state index is -0.0672. The Balaban J connectivity index is 2.55. The number of rotatable bonds is 4. The lowest BCUT2D eigenvalue weighted by atomic mass is 9.92. The van der Waals surface area contributed by atoms with Gasteiger partial charge in [0.1, 0.15) is 0 Å². The van der Waals surface area contributed by atoms with E-state index in [9.17, 15) is 4.79 Å². The first-order valence-corrected chi connectivity index (χ1v) is 7.96. The molecule has 0 aliphatic carbocycles. The fourth-order valence-electron chi connectivity index (χ4n) is 2.78. The van der Waals surface area contributed by atoms with Crippen molar-refractivity contribution in [1.82, 2.24) is 10.6 Å². The molecule has 0 saturated heterocycles. The Bertz CT molecular complexity index is 610. The van der Waals surface area contributed by atoms with Crippen molar-refractivity contribution in [2.75, 3.05) is 25.5 Å². The molecule has 0 aromatic heterocycles. The van der Waals surface area contributed by atoms with Crippen LogP contribution in [0.25, 0.3) is 5.70 Å². The quantitative estimate of drug-likeness (QED) is 0.896. The summed E-state index contributed by atoms with van der Waals surface area (Å²) in [5.41, 5.74) is 4.06. The first-order chi connectivity index (χ1) is 10.4. The molecule has 120 valence electrons. The monoisotopic (exact) mass is 321 g/mol. The Morgan fingerprint density at radius 1 is 1.41 bits per heavy atom. The van der Waals surface area contributed by atoms with Gasteiger partial charge in [-0.1, -0.05) is 31.5 Å². The number of anilines is 1. The molecule has 0 fully saturated rings. The van der Waals surface area contributed by atoms with Crippen molar-refractivity contribution >= 4 is 28.9 Å². The average molecular weight is 322 g/mol. The number of benzene rings is 1. The van der Waals surface area contributed by atoms with Gasteiger partial charge in [-0.25, -0.2) is 0 Å². The minimum absolute atomic E-state index is 0.0672. The van der Waals surface area contributed by atoms with Crippen molar-refractivity contribution in [3.05, 3.63) is 34.4 Å². The predicted molar refractivity (Wildman–Crippen MR) is 93.5 cm³/mol. The molecule has 1 unspecified atom stereocenters. The van der Waals surface area contributed by atoms with Crippen LogP contribution in [0.2, 0.25) is 5.02 Å². The summed E-state index contributed by atoms with van der Waals surface area (Å²) in [6, 6.07) is 4.18. The molecule has 0 spiro atoms. The Labute approximate surface area is 137 Å². The van der Waals surface area contributed by atoms with Crippen molar-refractivity contribution < 1.29 is 4.79 Å². The van der Waals surface area contributed by atoms with Gasteiger partial charge in [-0.2, -0.15) is 0 Å². The molecule has 0 radical (unpaired) electrons. The van der Waals surface area contributed by atoms with E-state index in [1.165, 1.54) is 5.56 Å². The topological polar surface area (TPSA) is 44.4 Å². The molecule has 22 heavy (non-hydrogen) atoms. The normalized spacial score (nSPS) is 17.3. The zero-order valence-electron chi connectivity index (χ0n) is 13.8. The highest BCUT2D eigenvalue weighted by Crippen LogP contribution is 2.42. The SMILES string of the molecule is CNCC(=O)NC1=CC(C)N(C)c2c(C(C)C)ccc(Cl)c21. The summed E-state index contributed by atoms with van der Waals surface area (Å²) in [5.74, 6) is 0.315. The maximum Gasteiger partial charge on any atom is 0.238 e. The molecular weight excluding hydrogens is 298 g/mol. The molecule has 4 nitrogen and oxygen atoms in total. The Hall–Kier alpha value is -1.52. The fourth-order valence-corrected chi connectivity index (χ4v) is 3.04. The number of amides is 1. The van der Waals surface area contributed by atoms with E-state index in [2.05, 4.69) is 49.4 Å². The summed E-state index contributed by atoms with van der Waals surface area (Å²) >= 11 is 6.45. The van der Waals surface area contributed by atoms with Crippen LogP contribution in [0, 0.1) is 0 Å². The van der Waals surface area contributed by atoms with Gasteiger partial charge in [-0.05, 0) is 37.6 Å². The van der Waals surface area contributed by atoms with Crippen LogP contribution in [0.5, 0.6) is 0 Å². The second-order valence-corrected chi connectivity index (χ2v) is 6.43. The lowest BCUT2D eigenvalue weighted by Gasteiger charge is -2.36. The maximum atomic E-state index is 12.0. The highest BCUT2D eigenvalue weighted by molar-refractivity contribution is 6.33. The largest absolute Gasteiger partial charge is 0.368 e. The van der Waals surface area contributed by atoms with E-state index in [-0.39, 0.29) is 18.5 Å². The number of hydrogen-bond acceptors (Lipinski definition) is 3. The van der Waals surface area contributed by atoms with Gasteiger partial charge in [-0.15, -0.1) is 0 Å². The van der Waals surface area contributed by atoms with E-state index in [1.54, 1.807) is 7.05 Å². The number of fused-ring (bicyclic) bond motifs is 1. The van der Waals surface area contributed by atoms with Gasteiger partial charge in [0.05, 0.1) is 17.3 Å². The number of likely N-dealkylation sites (N-methyl/N-ethyl adjacent to an activating group) is 2. The van der Waals surface area contributed by atoms with Crippen LogP contribution in [-0.4, -0.2) is 32.6 Å². The van der Waals surface area contributed by atoms with Gasteiger partial charge in [-0.3, -0.25) is 4.79 Å². The van der Waals surface area contributed by atoms with E-state index in [0.29, 0.717) is 10.9 Å². The van der Waals surface area contributed by atoms with Crippen molar-refractivity contribution in [3.63, 3.8) is 0 Å². The predicted octanol–water partition coefficient (Wildman–Crippen LogP) is 2.98. The maximum absolute atomic E-state index is 12.0. The van der Waals surface area contributed by atoms with E-state index >= 15 is 0 Å². The van der Waals surface area contributed by atoms with Crippen molar-refractivity contribution in [2.24, 2.45) is 0 Å². The van der Waals surface area contributed by atoms with Crippen LogP contribution >= 0.6 is 11.6 Å². The molecular formula is C17H24ClN3O. The second-order valence-electron chi connectivity index (χ2n) is 6.03. The van der Waals surface area contributed by atoms with Crippen LogP contribution in [0.15, 0.2) is 18.2 Å². The van der Waals surface area contributed by atoms with Crippen LogP contribution in [-0.2, 0) is 4.79 Å². The molecule has 1 aromatic rings. The number of carbonyl (C=O) groups is 1. The van der Waals surface area contributed by atoms with E-state index < -0.39 is 0 Å². The molecule has 1 amide bonds. The van der Waals surface area contributed by atoms with Crippen LogP contribution in [0.3, 0.4) is 0 Å². The van der Waals surface area contributed by atoms with Crippen molar-refractivity contribution in [3.8, 4) is 0 Å². The lowest BCUT2D eigenvalue weighted by molar-refractivity contribution is -0.118. The lowest BCUT2D eigenvalue weighted by Crippen LogP contribution is -2.37. The van der Waals surface area contributed by atoms with E-state index in [0.717, 1.165) is 16.9 Å².